The van der Waals surface area contributed by atoms with E-state index >= 15 is 0 Å². The molecule has 1 aromatic rings. The summed E-state index contributed by atoms with van der Waals surface area (Å²) in [6, 6.07) is 9.36. The van der Waals surface area contributed by atoms with Gasteiger partial charge in [-0.05, 0) is 5.56 Å². The highest BCUT2D eigenvalue weighted by atomic mass is 32.2. The Labute approximate surface area is 109 Å². The van der Waals surface area contributed by atoms with E-state index in [-0.39, 0.29) is 18.1 Å². The van der Waals surface area contributed by atoms with Gasteiger partial charge in [-0.2, -0.15) is 0 Å². The van der Waals surface area contributed by atoms with Crippen LogP contribution in [0.3, 0.4) is 0 Å². The number of carbonyl (C=O) groups excluding carboxylic acids is 1. The lowest BCUT2D eigenvalue weighted by molar-refractivity contribution is -0.139. The molecule has 0 saturated carbocycles. The van der Waals surface area contributed by atoms with Crippen molar-refractivity contribution in [3.05, 3.63) is 47.4 Å². The summed E-state index contributed by atoms with van der Waals surface area (Å²) in [5.41, 5.74) is 0.864. The van der Waals surface area contributed by atoms with Crippen molar-refractivity contribution in [1.82, 2.24) is 0 Å². The van der Waals surface area contributed by atoms with Gasteiger partial charge < -0.3 is 9.84 Å². The zero-order valence-corrected chi connectivity index (χ0v) is 10.7. The fourth-order valence-electron chi connectivity index (χ4n) is 1.01. The molecule has 0 spiro atoms. The molecule has 3 nitrogen and oxygen atoms in total. The van der Waals surface area contributed by atoms with Crippen molar-refractivity contribution in [2.75, 3.05) is 13.2 Å². The highest BCUT2D eigenvalue weighted by Gasteiger charge is 2.12. The number of rotatable bonds is 5. The molecule has 17 heavy (non-hydrogen) atoms. The maximum absolute atomic E-state index is 11.4. The van der Waals surface area contributed by atoms with Gasteiger partial charge in [-0.15, -0.1) is 0 Å². The number of thioether (sulfide) groups is 1. The number of carbonyl (C=O) groups is 1. The summed E-state index contributed by atoms with van der Waals surface area (Å²) in [4.78, 5) is 11.6. The molecular weight excluding hydrogens is 256 g/mol. The summed E-state index contributed by atoms with van der Waals surface area (Å²) in [6.07, 6.45) is 0. The molecule has 0 amide bonds. The second kappa shape index (κ2) is 7.21. The van der Waals surface area contributed by atoms with Crippen molar-refractivity contribution >= 4 is 34.1 Å². The van der Waals surface area contributed by atoms with Crippen LogP contribution in [-0.4, -0.2) is 28.5 Å². The van der Waals surface area contributed by atoms with Gasteiger partial charge in [0.25, 0.3) is 0 Å². The van der Waals surface area contributed by atoms with Gasteiger partial charge in [0.2, 0.25) is 0 Å². The number of aliphatic hydroxyl groups excluding tert-OH is 1. The standard InChI is InChI=1S/C12H12O3S2/c1-9(11(14)15-8-7-13)17-12(16)10-5-3-2-4-6-10/h2-6,13H,1,7-8H2. The number of benzene rings is 1. The zero-order valence-electron chi connectivity index (χ0n) is 9.09. The van der Waals surface area contributed by atoms with Crippen LogP contribution in [0.4, 0.5) is 0 Å². The Bertz CT molecular complexity index is 415. The van der Waals surface area contributed by atoms with Crippen molar-refractivity contribution in [3.63, 3.8) is 0 Å². The Hall–Kier alpha value is -1.17. The lowest BCUT2D eigenvalue weighted by atomic mass is 10.2. The molecule has 0 atom stereocenters. The van der Waals surface area contributed by atoms with E-state index in [1.165, 1.54) is 0 Å². The Kier molecular flexibility index (Phi) is 5.90. The van der Waals surface area contributed by atoms with E-state index in [9.17, 15) is 4.79 Å². The van der Waals surface area contributed by atoms with Gasteiger partial charge in [-0.3, -0.25) is 0 Å². The molecule has 0 unspecified atom stereocenters. The first-order valence-corrected chi connectivity index (χ1v) is 6.11. The minimum atomic E-state index is -0.553. The molecule has 0 aliphatic rings. The van der Waals surface area contributed by atoms with Gasteiger partial charge in [0.1, 0.15) is 6.61 Å². The van der Waals surface area contributed by atoms with Crippen LogP contribution in [0, 0.1) is 0 Å². The Balaban J connectivity index is 2.52. The average Bonchev–Trinajstić information content (AvgIpc) is 2.36. The predicted octanol–water partition coefficient (Wildman–Crippen LogP) is 2.14. The topological polar surface area (TPSA) is 46.5 Å². The van der Waals surface area contributed by atoms with Crippen LogP contribution in [0.15, 0.2) is 41.8 Å². The van der Waals surface area contributed by atoms with Crippen molar-refractivity contribution in [3.8, 4) is 0 Å². The maximum Gasteiger partial charge on any atom is 0.344 e. The molecule has 0 aliphatic carbocycles. The van der Waals surface area contributed by atoms with Crippen LogP contribution in [0.5, 0.6) is 0 Å². The lowest BCUT2D eigenvalue weighted by Crippen LogP contribution is -2.09. The summed E-state index contributed by atoms with van der Waals surface area (Å²) >= 11 is 6.27. The van der Waals surface area contributed by atoms with Crippen LogP contribution in [0.1, 0.15) is 5.56 Å². The van der Waals surface area contributed by atoms with E-state index in [1.54, 1.807) is 0 Å². The summed E-state index contributed by atoms with van der Waals surface area (Å²) in [7, 11) is 0. The average molecular weight is 268 g/mol. The maximum atomic E-state index is 11.4. The number of thiocarbonyl (C=S) groups is 1. The molecule has 0 saturated heterocycles. The third kappa shape index (κ3) is 4.68. The zero-order chi connectivity index (χ0) is 12.7. The van der Waals surface area contributed by atoms with Crippen molar-refractivity contribution < 1.29 is 14.6 Å². The predicted molar refractivity (Wildman–Crippen MR) is 72.9 cm³/mol. The van der Waals surface area contributed by atoms with Crippen molar-refractivity contribution in [2.24, 2.45) is 0 Å². The van der Waals surface area contributed by atoms with Crippen LogP contribution >= 0.6 is 24.0 Å². The highest BCUT2D eigenvalue weighted by Crippen LogP contribution is 2.22. The summed E-state index contributed by atoms with van der Waals surface area (Å²) < 4.78 is 5.29. The van der Waals surface area contributed by atoms with Gasteiger partial charge in [-0.1, -0.05) is 60.9 Å². The summed E-state index contributed by atoms with van der Waals surface area (Å²) in [5.74, 6) is -0.553. The first-order chi connectivity index (χ1) is 8.15. The van der Waals surface area contributed by atoms with Crippen LogP contribution < -0.4 is 0 Å². The molecule has 0 fully saturated rings. The third-order valence-corrected chi connectivity index (χ3v) is 3.10. The van der Waals surface area contributed by atoms with Crippen LogP contribution in [0.2, 0.25) is 0 Å². The van der Waals surface area contributed by atoms with E-state index in [1.807, 2.05) is 30.3 Å². The van der Waals surface area contributed by atoms with E-state index in [0.717, 1.165) is 17.3 Å². The van der Waals surface area contributed by atoms with E-state index in [2.05, 4.69) is 6.58 Å². The number of hydrogen-bond donors (Lipinski definition) is 1. The second-order valence-corrected chi connectivity index (χ2v) is 4.81. The van der Waals surface area contributed by atoms with Crippen LogP contribution in [0.25, 0.3) is 0 Å². The molecular formula is C12H12O3S2. The van der Waals surface area contributed by atoms with Gasteiger partial charge >= 0.3 is 5.97 Å². The molecule has 0 heterocycles. The third-order valence-electron chi connectivity index (χ3n) is 1.78. The van der Waals surface area contributed by atoms with Gasteiger partial charge in [0.15, 0.2) is 0 Å². The smallest absolute Gasteiger partial charge is 0.344 e. The van der Waals surface area contributed by atoms with Gasteiger partial charge in [0.05, 0.1) is 15.7 Å². The number of aliphatic hydroxyl groups is 1. The first-order valence-electron chi connectivity index (χ1n) is 4.89. The van der Waals surface area contributed by atoms with Gasteiger partial charge in [-0.25, -0.2) is 4.79 Å². The molecule has 0 radical (unpaired) electrons. The lowest BCUT2D eigenvalue weighted by Gasteiger charge is -2.06. The molecule has 0 aromatic heterocycles. The normalized spacial score (nSPS) is 9.71. The molecule has 1 rings (SSSR count). The SMILES string of the molecule is C=C(SC(=S)c1ccccc1)C(=O)OCCO. The molecule has 0 bridgehead atoms. The van der Waals surface area contributed by atoms with E-state index in [4.69, 9.17) is 22.1 Å². The van der Waals surface area contributed by atoms with E-state index < -0.39 is 5.97 Å². The minimum Gasteiger partial charge on any atom is -0.459 e. The fraction of sp³-hybridized carbons (Fsp3) is 0.167. The first kappa shape index (κ1) is 13.9. The Morgan fingerprint density at radius 3 is 2.65 bits per heavy atom. The summed E-state index contributed by atoms with van der Waals surface area (Å²) in [5, 5.41) is 8.52. The van der Waals surface area contributed by atoms with Gasteiger partial charge in [0, 0.05) is 0 Å². The Morgan fingerprint density at radius 1 is 1.41 bits per heavy atom. The van der Waals surface area contributed by atoms with Crippen molar-refractivity contribution in [1.29, 1.82) is 0 Å². The van der Waals surface area contributed by atoms with E-state index in [0.29, 0.717) is 4.20 Å². The quantitative estimate of drug-likeness (QED) is 0.503. The second-order valence-electron chi connectivity index (χ2n) is 3.04. The molecule has 1 aromatic carbocycles. The van der Waals surface area contributed by atoms with Crippen molar-refractivity contribution in [2.45, 2.75) is 0 Å². The number of hydrogen-bond acceptors (Lipinski definition) is 5. The minimum absolute atomic E-state index is 0.0312. The largest absolute Gasteiger partial charge is 0.459 e. The monoisotopic (exact) mass is 268 g/mol. The number of ether oxygens (including phenoxy) is 1. The summed E-state index contributed by atoms with van der Waals surface area (Å²) in [6.45, 7) is 3.36. The highest BCUT2D eigenvalue weighted by molar-refractivity contribution is 8.26. The van der Waals surface area contributed by atoms with Crippen LogP contribution in [-0.2, 0) is 9.53 Å². The fourth-order valence-corrected chi connectivity index (χ4v) is 2.06. The molecule has 1 N–H and O–H groups in total. The molecule has 0 aliphatic heterocycles. The molecule has 5 heteroatoms. The molecule has 90 valence electrons. The number of esters is 1. The Morgan fingerprint density at radius 2 is 2.06 bits per heavy atom.